The molecule has 0 bridgehead atoms. The van der Waals surface area contributed by atoms with Crippen molar-refractivity contribution in [2.24, 2.45) is 0 Å². The van der Waals surface area contributed by atoms with Crippen molar-refractivity contribution in [3.63, 3.8) is 0 Å². The number of aliphatic hydroxyl groups is 1. The molecule has 0 saturated heterocycles. The van der Waals surface area contributed by atoms with E-state index in [0.717, 1.165) is 0 Å². The van der Waals surface area contributed by atoms with Gasteiger partial charge in [-0.05, 0) is 35.4 Å². The van der Waals surface area contributed by atoms with E-state index in [1.807, 2.05) is 0 Å². The number of nitrogens with zero attached hydrogens (tertiary/aromatic N) is 4. The molecule has 1 unspecified atom stereocenters. The van der Waals surface area contributed by atoms with Crippen LogP contribution in [0.4, 0.5) is 8.78 Å². The van der Waals surface area contributed by atoms with Crippen LogP contribution in [0.25, 0.3) is 11.5 Å². The average Bonchev–Trinajstić information content (AvgIpc) is 3.44. The van der Waals surface area contributed by atoms with E-state index >= 15 is 0 Å². The predicted molar refractivity (Wildman–Crippen MR) is 116 cm³/mol. The van der Waals surface area contributed by atoms with Crippen LogP contribution in [0, 0.1) is 0 Å². The summed E-state index contributed by atoms with van der Waals surface area (Å²) in [5.74, 6) is -1.06. The number of halogens is 2. The fourth-order valence-corrected chi connectivity index (χ4v) is 5.80. The molecule has 1 aliphatic rings. The average molecular weight is 484 g/mol. The zero-order valence-corrected chi connectivity index (χ0v) is 18.3. The highest BCUT2D eigenvalue weighted by molar-refractivity contribution is 7.89. The third-order valence-corrected chi connectivity index (χ3v) is 7.50. The first-order valence-electron chi connectivity index (χ1n) is 10.3. The number of hydrogen-bond donors (Lipinski definition) is 1. The lowest BCUT2D eigenvalue weighted by Gasteiger charge is -2.30. The largest absolute Gasteiger partial charge is 0.415 e. The van der Waals surface area contributed by atoms with Gasteiger partial charge in [0.1, 0.15) is 6.10 Å². The first-order valence-corrected chi connectivity index (χ1v) is 11.7. The minimum absolute atomic E-state index is 0.00476. The van der Waals surface area contributed by atoms with E-state index < -0.39 is 34.5 Å². The van der Waals surface area contributed by atoms with Gasteiger partial charge >= 0.3 is 6.43 Å². The van der Waals surface area contributed by atoms with Crippen molar-refractivity contribution in [3.05, 3.63) is 95.6 Å². The quantitative estimate of drug-likeness (QED) is 0.440. The Kier molecular flexibility index (Phi) is 5.68. The molecule has 0 radical (unpaired) electrons. The van der Waals surface area contributed by atoms with Gasteiger partial charge in [0.05, 0.1) is 16.6 Å². The van der Waals surface area contributed by atoms with Crippen LogP contribution < -0.4 is 0 Å². The molecule has 2 aromatic carbocycles. The second kappa shape index (κ2) is 8.67. The highest BCUT2D eigenvalue weighted by Crippen LogP contribution is 2.43. The van der Waals surface area contributed by atoms with Crippen LogP contribution in [0.5, 0.6) is 0 Å². The van der Waals surface area contributed by atoms with Crippen molar-refractivity contribution in [2.75, 3.05) is 0 Å². The summed E-state index contributed by atoms with van der Waals surface area (Å²) >= 11 is 0. The van der Waals surface area contributed by atoms with Crippen molar-refractivity contribution in [1.29, 1.82) is 0 Å². The Balaban J connectivity index is 1.56. The van der Waals surface area contributed by atoms with Crippen molar-refractivity contribution < 1.29 is 26.7 Å². The Morgan fingerprint density at radius 2 is 1.76 bits per heavy atom. The molecule has 174 valence electrons. The smallest absolute Gasteiger partial charge is 0.314 e. The first-order chi connectivity index (χ1) is 16.4. The number of aromatic nitrogens is 3. The molecule has 2 aromatic heterocycles. The molecule has 1 aliphatic heterocycles. The van der Waals surface area contributed by atoms with E-state index in [2.05, 4.69) is 15.2 Å². The van der Waals surface area contributed by atoms with Crippen molar-refractivity contribution in [1.82, 2.24) is 19.5 Å². The molecule has 5 rings (SSSR count). The predicted octanol–water partition coefficient (Wildman–Crippen LogP) is 4.05. The van der Waals surface area contributed by atoms with Gasteiger partial charge in [-0.25, -0.2) is 8.42 Å². The fraction of sp³-hybridized carbons (Fsp3) is 0.174. The Morgan fingerprint density at radius 1 is 1.00 bits per heavy atom. The van der Waals surface area contributed by atoms with Gasteiger partial charge in [-0.15, -0.1) is 10.2 Å². The van der Waals surface area contributed by atoms with Crippen LogP contribution in [-0.2, 0) is 16.6 Å². The molecule has 3 heterocycles. The number of rotatable bonds is 6. The summed E-state index contributed by atoms with van der Waals surface area (Å²) in [6.07, 6.45) is -2.60. The fourth-order valence-electron chi connectivity index (χ4n) is 3.97. The summed E-state index contributed by atoms with van der Waals surface area (Å²) in [5.41, 5.74) is 1.60. The molecule has 0 spiro atoms. The molecule has 4 aromatic rings. The molecule has 0 aliphatic carbocycles. The molecule has 2 atom stereocenters. The Labute approximate surface area is 193 Å². The minimum Gasteiger partial charge on any atom is -0.415 e. The van der Waals surface area contributed by atoms with Crippen LogP contribution >= 0.6 is 0 Å². The summed E-state index contributed by atoms with van der Waals surface area (Å²) in [6.45, 7) is -0.00476. The van der Waals surface area contributed by atoms with Gasteiger partial charge < -0.3 is 9.52 Å². The van der Waals surface area contributed by atoms with Crippen LogP contribution in [0.2, 0.25) is 0 Å². The SMILES string of the molecule is O=S1(=O)c2cc(-c3nnc(C(F)F)o3)ccc2CN1C(c1ccccn1)[C@@H](O)c1ccccc1. The maximum absolute atomic E-state index is 13.6. The Hall–Kier alpha value is -3.54. The zero-order chi connectivity index (χ0) is 23.9. The van der Waals surface area contributed by atoms with Gasteiger partial charge in [0.2, 0.25) is 15.9 Å². The van der Waals surface area contributed by atoms with Crippen molar-refractivity contribution in [3.8, 4) is 11.5 Å². The summed E-state index contributed by atoms with van der Waals surface area (Å²) in [7, 11) is -4.09. The lowest BCUT2D eigenvalue weighted by Crippen LogP contribution is -2.34. The normalized spacial score (nSPS) is 16.9. The maximum Gasteiger partial charge on any atom is 0.314 e. The standard InChI is InChI=1S/C23H18F2N4O4S/c24-21(25)23-28-27-22(33-23)15-9-10-16-13-29(34(31,32)18(16)12-15)19(17-8-4-5-11-26-17)20(30)14-6-2-1-3-7-14/h1-12,19-21,30H,13H2/t19?,20-/m0/s1. The van der Waals surface area contributed by atoms with E-state index in [4.69, 9.17) is 4.42 Å². The van der Waals surface area contributed by atoms with E-state index in [-0.39, 0.29) is 22.9 Å². The first kappa shape index (κ1) is 22.3. The monoisotopic (exact) mass is 484 g/mol. The lowest BCUT2D eigenvalue weighted by molar-refractivity contribution is 0.0862. The molecular weight excluding hydrogens is 466 g/mol. The number of benzene rings is 2. The molecule has 34 heavy (non-hydrogen) atoms. The van der Waals surface area contributed by atoms with E-state index in [9.17, 15) is 22.3 Å². The van der Waals surface area contributed by atoms with E-state index in [1.54, 1.807) is 54.6 Å². The van der Waals surface area contributed by atoms with Gasteiger partial charge in [-0.3, -0.25) is 4.98 Å². The highest BCUT2D eigenvalue weighted by atomic mass is 32.2. The van der Waals surface area contributed by atoms with Gasteiger partial charge in [-0.1, -0.05) is 42.5 Å². The Bertz CT molecular complexity index is 1420. The number of alkyl halides is 2. The lowest BCUT2D eigenvalue weighted by atomic mass is 9.98. The highest BCUT2D eigenvalue weighted by Gasteiger charge is 2.44. The van der Waals surface area contributed by atoms with Gasteiger partial charge in [-0.2, -0.15) is 13.1 Å². The second-order valence-electron chi connectivity index (χ2n) is 7.67. The molecule has 0 amide bonds. The van der Waals surface area contributed by atoms with E-state index in [1.165, 1.54) is 22.6 Å². The Morgan fingerprint density at radius 3 is 2.44 bits per heavy atom. The van der Waals surface area contributed by atoms with Gasteiger partial charge in [0.25, 0.3) is 5.89 Å². The number of sulfonamides is 1. The van der Waals surface area contributed by atoms with Crippen molar-refractivity contribution >= 4 is 10.0 Å². The minimum atomic E-state index is -4.09. The van der Waals surface area contributed by atoms with Crippen LogP contribution in [0.1, 0.15) is 41.3 Å². The molecule has 0 fully saturated rings. The molecule has 0 saturated carbocycles. The summed E-state index contributed by atoms with van der Waals surface area (Å²) in [4.78, 5) is 4.29. The number of pyridine rings is 1. The van der Waals surface area contributed by atoms with Gasteiger partial charge in [0, 0.05) is 18.3 Å². The molecule has 11 heteroatoms. The second-order valence-corrected chi connectivity index (χ2v) is 9.53. The molecule has 8 nitrogen and oxygen atoms in total. The summed E-state index contributed by atoms with van der Waals surface area (Å²) in [6, 6.07) is 17.2. The number of hydrogen-bond acceptors (Lipinski definition) is 7. The van der Waals surface area contributed by atoms with Crippen LogP contribution in [-0.4, -0.2) is 33.0 Å². The third kappa shape index (κ3) is 3.87. The van der Waals surface area contributed by atoms with Gasteiger partial charge in [0.15, 0.2) is 0 Å². The summed E-state index contributed by atoms with van der Waals surface area (Å²) < 4.78 is 59.1. The third-order valence-electron chi connectivity index (χ3n) is 5.60. The molecular formula is C23H18F2N4O4S. The maximum atomic E-state index is 13.6. The zero-order valence-electron chi connectivity index (χ0n) is 17.5. The van der Waals surface area contributed by atoms with Crippen molar-refractivity contribution in [2.45, 2.75) is 30.0 Å². The summed E-state index contributed by atoms with van der Waals surface area (Å²) in [5, 5.41) is 18.1. The van der Waals surface area contributed by atoms with Crippen LogP contribution in [0.15, 0.2) is 82.2 Å². The topological polar surface area (TPSA) is 109 Å². The number of aliphatic hydroxyl groups excluding tert-OH is 1. The van der Waals surface area contributed by atoms with Crippen LogP contribution in [0.3, 0.4) is 0 Å². The molecule has 1 N–H and O–H groups in total. The number of fused-ring (bicyclic) bond motifs is 1. The van der Waals surface area contributed by atoms with E-state index in [0.29, 0.717) is 16.8 Å².